The first-order chi connectivity index (χ1) is 13.2. The van der Waals surface area contributed by atoms with E-state index < -0.39 is 24.5 Å². The number of anilines is 1. The van der Waals surface area contributed by atoms with Crippen LogP contribution in [0.4, 0.5) is 10.5 Å². The average Bonchev–Trinajstić information content (AvgIpc) is 2.62. The van der Waals surface area contributed by atoms with Gasteiger partial charge < -0.3 is 14.8 Å². The van der Waals surface area contributed by atoms with Gasteiger partial charge in [-0.2, -0.15) is 0 Å². The third-order valence-corrected chi connectivity index (χ3v) is 3.68. The summed E-state index contributed by atoms with van der Waals surface area (Å²) in [5.41, 5.74) is 2.81. The topological polar surface area (TPSA) is 93.7 Å². The van der Waals surface area contributed by atoms with Gasteiger partial charge in [-0.25, -0.2) is 9.59 Å². The number of amides is 3. The molecule has 0 unspecified atom stereocenters. The van der Waals surface area contributed by atoms with Gasteiger partial charge in [0.15, 0.2) is 6.61 Å². The van der Waals surface area contributed by atoms with Crippen LogP contribution in [-0.4, -0.2) is 30.6 Å². The minimum atomic E-state index is -0.727. The molecule has 0 saturated carbocycles. The molecule has 0 bridgehead atoms. The predicted octanol–water partition coefficient (Wildman–Crippen LogP) is 3.60. The molecule has 0 saturated heterocycles. The van der Waals surface area contributed by atoms with Crippen molar-refractivity contribution in [3.8, 4) is 5.75 Å². The number of esters is 1. The zero-order valence-corrected chi connectivity index (χ0v) is 16.4. The van der Waals surface area contributed by atoms with Crippen LogP contribution in [0.5, 0.6) is 5.75 Å². The van der Waals surface area contributed by atoms with Gasteiger partial charge in [0.2, 0.25) is 0 Å². The van der Waals surface area contributed by atoms with Gasteiger partial charge in [-0.1, -0.05) is 17.7 Å². The largest absolute Gasteiger partial charge is 0.491 e. The quantitative estimate of drug-likeness (QED) is 0.742. The molecule has 0 spiro atoms. The number of aryl methyl sites for hydroxylation is 2. The van der Waals surface area contributed by atoms with E-state index in [1.165, 1.54) is 0 Å². The molecule has 3 amide bonds. The molecule has 0 atom stereocenters. The highest BCUT2D eigenvalue weighted by atomic mass is 16.5. The Hall–Kier alpha value is -3.35. The number of nitrogens with one attached hydrogen (secondary N) is 2. The molecular formula is C21H24N2O5. The van der Waals surface area contributed by atoms with Gasteiger partial charge >= 0.3 is 12.0 Å². The Balaban J connectivity index is 1.81. The molecule has 0 radical (unpaired) electrons. The molecule has 0 heterocycles. The molecule has 7 nitrogen and oxygen atoms in total. The van der Waals surface area contributed by atoms with E-state index in [1.54, 1.807) is 30.3 Å². The van der Waals surface area contributed by atoms with Crippen molar-refractivity contribution in [1.82, 2.24) is 5.32 Å². The van der Waals surface area contributed by atoms with Crippen molar-refractivity contribution >= 4 is 23.6 Å². The Morgan fingerprint density at radius 1 is 1.00 bits per heavy atom. The second kappa shape index (κ2) is 9.55. The van der Waals surface area contributed by atoms with Crippen LogP contribution in [0.2, 0.25) is 0 Å². The monoisotopic (exact) mass is 384 g/mol. The Kier molecular flexibility index (Phi) is 7.14. The summed E-state index contributed by atoms with van der Waals surface area (Å²) >= 11 is 0. The van der Waals surface area contributed by atoms with Crippen molar-refractivity contribution in [3.05, 3.63) is 59.2 Å². The van der Waals surface area contributed by atoms with E-state index in [0.29, 0.717) is 11.4 Å². The molecule has 0 fully saturated rings. The highest BCUT2D eigenvalue weighted by Crippen LogP contribution is 2.16. The van der Waals surface area contributed by atoms with E-state index >= 15 is 0 Å². The third kappa shape index (κ3) is 6.42. The number of hydrogen-bond donors (Lipinski definition) is 2. The lowest BCUT2D eigenvalue weighted by atomic mass is 10.1. The summed E-state index contributed by atoms with van der Waals surface area (Å²) in [5, 5.41) is 4.71. The van der Waals surface area contributed by atoms with Crippen LogP contribution in [0.1, 0.15) is 35.3 Å². The third-order valence-electron chi connectivity index (χ3n) is 3.68. The number of rotatable bonds is 6. The number of imide groups is 1. The van der Waals surface area contributed by atoms with E-state index in [2.05, 4.69) is 10.6 Å². The Bertz CT molecular complexity index is 860. The summed E-state index contributed by atoms with van der Waals surface area (Å²) in [4.78, 5) is 35.7. The van der Waals surface area contributed by atoms with Gasteiger partial charge in [-0.15, -0.1) is 0 Å². The summed E-state index contributed by atoms with van der Waals surface area (Å²) in [5.74, 6) is -0.760. The maximum Gasteiger partial charge on any atom is 0.338 e. The van der Waals surface area contributed by atoms with Crippen molar-refractivity contribution < 1.29 is 23.9 Å². The summed E-state index contributed by atoms with van der Waals surface area (Å²) in [6.07, 6.45) is 0.0244. The second-order valence-corrected chi connectivity index (χ2v) is 6.59. The first kappa shape index (κ1) is 21.0. The van der Waals surface area contributed by atoms with Crippen molar-refractivity contribution in [1.29, 1.82) is 0 Å². The van der Waals surface area contributed by atoms with Gasteiger partial charge in [0.25, 0.3) is 5.91 Å². The average molecular weight is 384 g/mol. The number of ether oxygens (including phenoxy) is 2. The molecule has 0 aliphatic heterocycles. The number of carbonyl (C=O) groups excluding carboxylic acids is 3. The molecular weight excluding hydrogens is 360 g/mol. The molecule has 7 heteroatoms. The molecule has 2 aromatic carbocycles. The SMILES string of the molecule is Cc1ccc(NC(=O)NC(=O)COC(=O)c2ccc(OC(C)C)cc2)c(C)c1. The fourth-order valence-electron chi connectivity index (χ4n) is 2.43. The Morgan fingerprint density at radius 2 is 1.68 bits per heavy atom. The summed E-state index contributed by atoms with van der Waals surface area (Å²) in [7, 11) is 0. The van der Waals surface area contributed by atoms with E-state index in [0.717, 1.165) is 11.1 Å². The zero-order valence-electron chi connectivity index (χ0n) is 16.4. The minimum Gasteiger partial charge on any atom is -0.491 e. The molecule has 2 aromatic rings. The van der Waals surface area contributed by atoms with Crippen molar-refractivity contribution in [2.75, 3.05) is 11.9 Å². The molecule has 0 aromatic heterocycles. The second-order valence-electron chi connectivity index (χ2n) is 6.59. The van der Waals surface area contributed by atoms with Gasteiger partial charge in [0.1, 0.15) is 5.75 Å². The fourth-order valence-corrected chi connectivity index (χ4v) is 2.43. The first-order valence-electron chi connectivity index (χ1n) is 8.86. The van der Waals surface area contributed by atoms with Gasteiger partial charge in [-0.3, -0.25) is 10.1 Å². The predicted molar refractivity (Wildman–Crippen MR) is 106 cm³/mol. The maximum absolute atomic E-state index is 12.0. The van der Waals surface area contributed by atoms with Gasteiger partial charge in [0.05, 0.1) is 11.7 Å². The van der Waals surface area contributed by atoms with Crippen LogP contribution in [0.3, 0.4) is 0 Å². The smallest absolute Gasteiger partial charge is 0.338 e. The molecule has 0 aliphatic carbocycles. The number of hydrogen-bond acceptors (Lipinski definition) is 5. The van der Waals surface area contributed by atoms with Crippen LogP contribution in [0, 0.1) is 13.8 Å². The summed E-state index contributed by atoms with van der Waals surface area (Å²) in [6, 6.07) is 11.2. The summed E-state index contributed by atoms with van der Waals surface area (Å²) < 4.78 is 10.4. The van der Waals surface area contributed by atoms with Crippen LogP contribution >= 0.6 is 0 Å². The number of benzene rings is 2. The molecule has 2 N–H and O–H groups in total. The first-order valence-corrected chi connectivity index (χ1v) is 8.86. The standard InChI is InChI=1S/C21H24N2O5/c1-13(2)28-17-8-6-16(7-9-17)20(25)27-12-19(24)23-21(26)22-18-10-5-14(3)11-15(18)4/h5-11,13H,12H2,1-4H3,(H2,22,23,24,26). The number of carbonyl (C=O) groups is 3. The Morgan fingerprint density at radius 3 is 2.29 bits per heavy atom. The lowest BCUT2D eigenvalue weighted by molar-refractivity contribution is -0.123. The fraction of sp³-hybridized carbons (Fsp3) is 0.286. The lowest BCUT2D eigenvalue weighted by Crippen LogP contribution is -2.37. The lowest BCUT2D eigenvalue weighted by Gasteiger charge is -2.11. The maximum atomic E-state index is 12.0. The van der Waals surface area contributed by atoms with Crippen LogP contribution in [0.25, 0.3) is 0 Å². The van der Waals surface area contributed by atoms with E-state index in [4.69, 9.17) is 9.47 Å². The minimum absolute atomic E-state index is 0.0244. The van der Waals surface area contributed by atoms with Crippen molar-refractivity contribution in [3.63, 3.8) is 0 Å². The highest BCUT2D eigenvalue weighted by molar-refractivity contribution is 6.02. The molecule has 28 heavy (non-hydrogen) atoms. The van der Waals surface area contributed by atoms with Crippen LogP contribution < -0.4 is 15.4 Å². The van der Waals surface area contributed by atoms with E-state index in [9.17, 15) is 14.4 Å². The summed E-state index contributed by atoms with van der Waals surface area (Å²) in [6.45, 7) is 7.03. The van der Waals surface area contributed by atoms with Crippen molar-refractivity contribution in [2.24, 2.45) is 0 Å². The van der Waals surface area contributed by atoms with Gasteiger partial charge in [-0.05, 0) is 63.6 Å². The molecule has 0 aliphatic rings. The van der Waals surface area contributed by atoms with Gasteiger partial charge in [0, 0.05) is 5.69 Å². The van der Waals surface area contributed by atoms with Crippen LogP contribution in [-0.2, 0) is 9.53 Å². The molecule has 148 valence electrons. The zero-order chi connectivity index (χ0) is 20.7. The number of urea groups is 1. The van der Waals surface area contributed by atoms with Crippen LogP contribution in [0.15, 0.2) is 42.5 Å². The highest BCUT2D eigenvalue weighted by Gasteiger charge is 2.13. The van der Waals surface area contributed by atoms with Crippen molar-refractivity contribution in [2.45, 2.75) is 33.8 Å². The molecule has 2 rings (SSSR count). The normalized spacial score (nSPS) is 10.3. The van der Waals surface area contributed by atoms with E-state index in [-0.39, 0.29) is 11.7 Å². The van der Waals surface area contributed by atoms with E-state index in [1.807, 2.05) is 39.8 Å². The Labute approximate surface area is 164 Å².